The third-order valence-electron chi connectivity index (χ3n) is 5.64. The predicted octanol–water partition coefficient (Wildman–Crippen LogP) is 5.96. The summed E-state index contributed by atoms with van der Waals surface area (Å²) in [5, 5.41) is 2.93. The quantitative estimate of drug-likeness (QED) is 0.449. The van der Waals surface area contributed by atoms with Gasteiger partial charge in [0.05, 0.1) is 23.7 Å². The summed E-state index contributed by atoms with van der Waals surface area (Å²) in [5.74, 6) is -3.50. The van der Waals surface area contributed by atoms with Crippen LogP contribution in [0.3, 0.4) is 0 Å². The lowest BCUT2D eigenvalue weighted by molar-refractivity contribution is -0.0153. The number of amides is 2. The molecule has 1 N–H and O–H groups in total. The Bertz CT molecular complexity index is 1290. The Morgan fingerprint density at radius 1 is 1.22 bits per heavy atom. The van der Waals surface area contributed by atoms with Crippen molar-refractivity contribution in [3.8, 4) is 5.75 Å². The molecule has 1 fully saturated rings. The summed E-state index contributed by atoms with van der Waals surface area (Å²) in [6.45, 7) is 5.51. The van der Waals surface area contributed by atoms with Gasteiger partial charge in [0.15, 0.2) is 5.58 Å². The Morgan fingerprint density at radius 3 is 2.58 bits per heavy atom. The number of nitrogens with one attached hydrogen (secondary N) is 1. The molecule has 0 radical (unpaired) electrons. The molecule has 0 bridgehead atoms. The molecule has 2 heterocycles. The van der Waals surface area contributed by atoms with E-state index < -0.39 is 42.7 Å². The Hall–Kier alpha value is -3.33. The molecular weight excluding hydrogens is 494 g/mol. The maximum Gasteiger partial charge on any atom is 0.410 e. The van der Waals surface area contributed by atoms with Gasteiger partial charge in [-0.2, -0.15) is 0 Å². The topological polar surface area (TPSA) is 81.0 Å². The molecule has 36 heavy (non-hydrogen) atoms. The molecule has 7 nitrogen and oxygen atoms in total. The number of nitrogens with zero attached hydrogens (tertiary/aromatic N) is 1. The van der Waals surface area contributed by atoms with E-state index in [9.17, 15) is 18.4 Å². The SMILES string of the molecule is Cc1oc2c(Cl)cc(OCc3ccccc3)cc2c1C(=O)NC1CN(C(=O)OC(C)(C)C)CC1(F)F. The smallest absolute Gasteiger partial charge is 0.410 e. The zero-order valence-electron chi connectivity index (χ0n) is 20.4. The minimum atomic E-state index is -3.35. The molecular formula is C26H27ClF2N2O5. The Kier molecular flexibility index (Phi) is 6.88. The van der Waals surface area contributed by atoms with Crippen LogP contribution in [0.15, 0.2) is 46.9 Å². The van der Waals surface area contributed by atoms with Crippen molar-refractivity contribution in [3.63, 3.8) is 0 Å². The number of carbonyl (C=O) groups is 2. The predicted molar refractivity (Wildman–Crippen MR) is 131 cm³/mol. The van der Waals surface area contributed by atoms with Crippen LogP contribution < -0.4 is 10.1 Å². The monoisotopic (exact) mass is 520 g/mol. The standard InChI is InChI=1S/C26H27ClF2N2O5/c1-15-21(23(32)30-20-12-31(14-26(20,28)29)24(33)36-25(2,3)4)18-10-17(11-19(27)22(18)35-15)34-13-16-8-6-5-7-9-16/h5-11,20H,12-14H2,1-4H3,(H,30,32). The number of ether oxygens (including phenoxy) is 2. The van der Waals surface area contributed by atoms with Crippen molar-refractivity contribution in [2.24, 2.45) is 0 Å². The van der Waals surface area contributed by atoms with E-state index in [0.29, 0.717) is 11.1 Å². The van der Waals surface area contributed by atoms with Crippen molar-refractivity contribution in [2.45, 2.75) is 51.9 Å². The first-order valence-corrected chi connectivity index (χ1v) is 11.8. The molecule has 2 amide bonds. The largest absolute Gasteiger partial charge is 0.489 e. The van der Waals surface area contributed by atoms with Crippen LogP contribution in [0.25, 0.3) is 11.0 Å². The maximum absolute atomic E-state index is 14.7. The first-order valence-electron chi connectivity index (χ1n) is 11.4. The summed E-state index contributed by atoms with van der Waals surface area (Å²) in [6.07, 6.45) is -0.865. The molecule has 1 aromatic heterocycles. The number of likely N-dealkylation sites (tertiary alicyclic amines) is 1. The van der Waals surface area contributed by atoms with Crippen molar-refractivity contribution in [1.82, 2.24) is 10.2 Å². The van der Waals surface area contributed by atoms with Crippen molar-refractivity contribution in [3.05, 3.63) is 64.4 Å². The number of hydrogen-bond donors (Lipinski definition) is 1. The molecule has 1 atom stereocenters. The van der Waals surface area contributed by atoms with Gasteiger partial charge in [0, 0.05) is 11.5 Å². The fraction of sp³-hybridized carbons (Fsp3) is 0.385. The lowest BCUT2D eigenvalue weighted by atomic mass is 10.1. The van der Waals surface area contributed by atoms with E-state index in [-0.39, 0.29) is 28.5 Å². The molecule has 1 unspecified atom stereocenters. The highest BCUT2D eigenvalue weighted by Gasteiger charge is 2.51. The third kappa shape index (κ3) is 5.56. The second-order valence-electron chi connectivity index (χ2n) is 9.74. The highest BCUT2D eigenvalue weighted by molar-refractivity contribution is 6.35. The van der Waals surface area contributed by atoms with Gasteiger partial charge in [-0.3, -0.25) is 9.69 Å². The second kappa shape index (κ2) is 9.61. The summed E-state index contributed by atoms with van der Waals surface area (Å²) in [4.78, 5) is 26.4. The zero-order chi connectivity index (χ0) is 26.3. The summed E-state index contributed by atoms with van der Waals surface area (Å²) >= 11 is 6.37. The van der Waals surface area contributed by atoms with Gasteiger partial charge in [0.25, 0.3) is 11.8 Å². The minimum absolute atomic E-state index is 0.0728. The van der Waals surface area contributed by atoms with E-state index in [2.05, 4.69) is 5.32 Å². The number of rotatable bonds is 5. The van der Waals surface area contributed by atoms with Gasteiger partial charge >= 0.3 is 6.09 Å². The molecule has 2 aromatic carbocycles. The molecule has 0 spiro atoms. The molecule has 1 aliphatic rings. The average molecular weight is 521 g/mol. The number of halogens is 3. The first kappa shape index (κ1) is 25.8. The van der Waals surface area contributed by atoms with E-state index >= 15 is 0 Å². The van der Waals surface area contributed by atoms with Gasteiger partial charge in [-0.15, -0.1) is 0 Å². The number of alkyl halides is 2. The lowest BCUT2D eigenvalue weighted by Crippen LogP contribution is -2.46. The Labute approximate surface area is 212 Å². The molecule has 1 aliphatic heterocycles. The van der Waals surface area contributed by atoms with Crippen LogP contribution in [0.5, 0.6) is 5.75 Å². The van der Waals surface area contributed by atoms with Crippen molar-refractivity contribution >= 4 is 34.6 Å². The van der Waals surface area contributed by atoms with Crippen LogP contribution in [0.2, 0.25) is 5.02 Å². The van der Waals surface area contributed by atoms with Crippen LogP contribution >= 0.6 is 11.6 Å². The van der Waals surface area contributed by atoms with Gasteiger partial charge in [-0.1, -0.05) is 41.9 Å². The summed E-state index contributed by atoms with van der Waals surface area (Å²) in [6, 6.07) is 11.0. The molecule has 0 saturated carbocycles. The van der Waals surface area contributed by atoms with Crippen molar-refractivity contribution < 1.29 is 32.3 Å². The Balaban J connectivity index is 1.55. The maximum atomic E-state index is 14.7. The van der Waals surface area contributed by atoms with Crippen LogP contribution in [-0.2, 0) is 11.3 Å². The summed E-state index contributed by atoms with van der Waals surface area (Å²) in [7, 11) is 0. The fourth-order valence-corrected chi connectivity index (χ4v) is 4.24. The Morgan fingerprint density at radius 2 is 1.92 bits per heavy atom. The first-order chi connectivity index (χ1) is 16.8. The zero-order valence-corrected chi connectivity index (χ0v) is 21.1. The number of aryl methyl sites for hydroxylation is 1. The molecule has 1 saturated heterocycles. The number of benzene rings is 2. The highest BCUT2D eigenvalue weighted by atomic mass is 35.5. The third-order valence-corrected chi connectivity index (χ3v) is 5.92. The van der Waals surface area contributed by atoms with Crippen LogP contribution in [0.1, 0.15) is 42.5 Å². The van der Waals surface area contributed by atoms with Gasteiger partial charge in [-0.05, 0) is 39.3 Å². The lowest BCUT2D eigenvalue weighted by Gasteiger charge is -2.24. The molecule has 4 rings (SSSR count). The van der Waals surface area contributed by atoms with E-state index in [1.807, 2.05) is 30.3 Å². The molecule has 3 aromatic rings. The number of fused-ring (bicyclic) bond motifs is 1. The average Bonchev–Trinajstić information content (AvgIpc) is 3.27. The van der Waals surface area contributed by atoms with Crippen LogP contribution in [-0.4, -0.2) is 47.6 Å². The van der Waals surface area contributed by atoms with Crippen molar-refractivity contribution in [1.29, 1.82) is 0 Å². The normalized spacial score (nSPS) is 17.3. The highest BCUT2D eigenvalue weighted by Crippen LogP contribution is 2.36. The van der Waals surface area contributed by atoms with Crippen LogP contribution in [0.4, 0.5) is 13.6 Å². The van der Waals surface area contributed by atoms with E-state index in [0.717, 1.165) is 10.5 Å². The molecule has 10 heteroatoms. The number of hydrogen-bond acceptors (Lipinski definition) is 5. The number of furan rings is 1. The van der Waals surface area contributed by atoms with Gasteiger partial charge in [0.2, 0.25) is 0 Å². The van der Waals surface area contributed by atoms with Gasteiger partial charge in [0.1, 0.15) is 29.8 Å². The van der Waals surface area contributed by atoms with Gasteiger partial charge < -0.3 is 19.2 Å². The molecule has 192 valence electrons. The van der Waals surface area contributed by atoms with Crippen molar-refractivity contribution in [2.75, 3.05) is 13.1 Å². The number of carbonyl (C=O) groups excluding carboxylic acids is 2. The fourth-order valence-electron chi connectivity index (χ4n) is 3.99. The van der Waals surface area contributed by atoms with Gasteiger partial charge in [-0.25, -0.2) is 13.6 Å². The summed E-state index contributed by atoms with van der Waals surface area (Å²) < 4.78 is 46.2. The van der Waals surface area contributed by atoms with E-state index in [1.165, 1.54) is 0 Å². The van der Waals surface area contributed by atoms with Crippen LogP contribution in [0, 0.1) is 6.92 Å². The molecule has 0 aliphatic carbocycles. The minimum Gasteiger partial charge on any atom is -0.489 e. The van der Waals surface area contributed by atoms with E-state index in [4.69, 9.17) is 25.5 Å². The summed E-state index contributed by atoms with van der Waals surface area (Å²) in [5.41, 5.74) is 0.427. The van der Waals surface area contributed by atoms with E-state index in [1.54, 1.807) is 39.8 Å². The second-order valence-corrected chi connectivity index (χ2v) is 10.1.